The largest absolute Gasteiger partial charge is 0.504 e. The van der Waals surface area contributed by atoms with Crippen molar-refractivity contribution in [2.45, 2.75) is 51.2 Å². The minimum absolute atomic E-state index is 0.0777. The summed E-state index contributed by atoms with van der Waals surface area (Å²) in [5.41, 5.74) is 10.2. The van der Waals surface area contributed by atoms with E-state index in [4.69, 9.17) is 20.6 Å². The molecule has 1 aliphatic carbocycles. The molecule has 0 amide bonds. The van der Waals surface area contributed by atoms with Crippen molar-refractivity contribution in [3.05, 3.63) is 88.5 Å². The van der Waals surface area contributed by atoms with Crippen LogP contribution < -0.4 is 16.0 Å². The zero-order valence-corrected chi connectivity index (χ0v) is 23.2. The number of nitrogens with two attached hydrogens (primary N) is 1. The van der Waals surface area contributed by atoms with E-state index in [0.717, 1.165) is 29.5 Å². The molecule has 0 unspecified atom stereocenters. The van der Waals surface area contributed by atoms with Crippen LogP contribution in [0.5, 0.6) is 11.5 Å². The number of fused-ring (bicyclic) bond motifs is 3. The van der Waals surface area contributed by atoms with E-state index in [9.17, 15) is 9.90 Å². The second-order valence-electron chi connectivity index (χ2n) is 11.7. The predicted molar refractivity (Wildman–Crippen MR) is 158 cm³/mol. The molecular weight excluding hydrogens is 532 g/mol. The lowest BCUT2D eigenvalue weighted by Gasteiger charge is -2.16. The van der Waals surface area contributed by atoms with E-state index < -0.39 is 5.60 Å². The van der Waals surface area contributed by atoms with Gasteiger partial charge in [-0.15, -0.1) is 0 Å². The molecule has 0 saturated heterocycles. The second-order valence-corrected chi connectivity index (χ2v) is 11.7. The maximum atomic E-state index is 14.1. The Kier molecular flexibility index (Phi) is 5.07. The Morgan fingerprint density at radius 1 is 1.07 bits per heavy atom. The van der Waals surface area contributed by atoms with Crippen molar-refractivity contribution in [3.63, 3.8) is 0 Å². The molecule has 11 nitrogen and oxygen atoms in total. The Hall–Kier alpha value is -5.19. The van der Waals surface area contributed by atoms with Gasteiger partial charge in [-0.25, -0.2) is 19.6 Å². The fourth-order valence-electron chi connectivity index (χ4n) is 6.15. The minimum Gasteiger partial charge on any atom is -0.504 e. The van der Waals surface area contributed by atoms with Crippen molar-refractivity contribution in [2.75, 3.05) is 5.73 Å². The number of nitrogens with zero attached hydrogens (tertiary/aromatic N) is 7. The molecule has 3 N–H and O–H groups in total. The first-order valence-electron chi connectivity index (χ1n) is 14.0. The van der Waals surface area contributed by atoms with E-state index in [1.807, 2.05) is 62.6 Å². The summed E-state index contributed by atoms with van der Waals surface area (Å²) >= 11 is 0. The number of nitrogen functional groups attached to an aromatic ring is 1. The molecule has 0 spiro atoms. The normalized spacial score (nSPS) is 15.8. The summed E-state index contributed by atoms with van der Waals surface area (Å²) in [4.78, 5) is 28.0. The van der Waals surface area contributed by atoms with Crippen molar-refractivity contribution in [2.24, 2.45) is 0 Å². The van der Waals surface area contributed by atoms with Gasteiger partial charge in [-0.05, 0) is 68.5 Å². The third-order valence-corrected chi connectivity index (χ3v) is 8.14. The van der Waals surface area contributed by atoms with Crippen molar-refractivity contribution in [1.82, 2.24) is 34.1 Å². The Labute approximate surface area is 239 Å². The standard InChI is InChI=1S/C31H28N8O3/c1-31(2)14-20-19(10-11-22(40)27(20)42-31)26-25-28(32)33-16-34-29(25)38(36-26)15-23-35-21-7-5-6-18(17-8-9-17)24(21)30(41)39(23)37-12-3-4-13-37/h3-7,10-13,16-17,40H,8-9,14-15H2,1-2H3,(H2,32,33,34). The van der Waals surface area contributed by atoms with E-state index in [-0.39, 0.29) is 23.7 Å². The Morgan fingerprint density at radius 2 is 1.88 bits per heavy atom. The molecule has 42 heavy (non-hydrogen) atoms. The number of hydrogen-bond donors (Lipinski definition) is 2. The summed E-state index contributed by atoms with van der Waals surface area (Å²) in [7, 11) is 0. The van der Waals surface area contributed by atoms with Gasteiger partial charge in [0.2, 0.25) is 0 Å². The van der Waals surface area contributed by atoms with Gasteiger partial charge >= 0.3 is 0 Å². The quantitative estimate of drug-likeness (QED) is 0.319. The molecule has 1 fully saturated rings. The average Bonchev–Trinajstić information content (AvgIpc) is 3.37. The van der Waals surface area contributed by atoms with Crippen LogP contribution in [0.25, 0.3) is 33.2 Å². The van der Waals surface area contributed by atoms with Crippen molar-refractivity contribution in [1.29, 1.82) is 0 Å². The monoisotopic (exact) mass is 560 g/mol. The highest BCUT2D eigenvalue weighted by Gasteiger charge is 2.36. The van der Waals surface area contributed by atoms with Crippen LogP contribution in [-0.4, -0.2) is 44.8 Å². The highest BCUT2D eigenvalue weighted by molar-refractivity contribution is 5.99. The summed E-state index contributed by atoms with van der Waals surface area (Å²) in [6.45, 7) is 4.10. The molecule has 0 bridgehead atoms. The van der Waals surface area contributed by atoms with E-state index in [1.165, 1.54) is 6.33 Å². The number of anilines is 1. The third-order valence-electron chi connectivity index (χ3n) is 8.14. The van der Waals surface area contributed by atoms with Crippen LogP contribution in [0, 0.1) is 0 Å². The average molecular weight is 561 g/mol. The Balaban J connectivity index is 1.35. The first-order valence-corrected chi connectivity index (χ1v) is 14.0. The highest BCUT2D eigenvalue weighted by atomic mass is 16.5. The number of phenols is 1. The van der Waals surface area contributed by atoms with E-state index in [2.05, 4.69) is 9.97 Å². The Morgan fingerprint density at radius 3 is 2.67 bits per heavy atom. The van der Waals surface area contributed by atoms with E-state index in [1.54, 1.807) is 20.1 Å². The molecule has 2 aliphatic rings. The van der Waals surface area contributed by atoms with Crippen LogP contribution >= 0.6 is 0 Å². The number of aromatic nitrogens is 7. The molecule has 1 aliphatic heterocycles. The van der Waals surface area contributed by atoms with Gasteiger partial charge in [-0.2, -0.15) is 9.77 Å². The van der Waals surface area contributed by atoms with E-state index >= 15 is 0 Å². The zero-order chi connectivity index (χ0) is 28.7. The lowest BCUT2D eigenvalue weighted by atomic mass is 9.95. The molecule has 0 radical (unpaired) electrons. The smallest absolute Gasteiger partial charge is 0.281 e. The number of phenolic OH excluding ortho intramolecular Hbond substituents is 1. The summed E-state index contributed by atoms with van der Waals surface area (Å²) in [6.07, 6.45) is 7.80. The Bertz CT molecular complexity index is 2110. The molecule has 210 valence electrons. The van der Waals surface area contributed by atoms with Gasteiger partial charge in [0.1, 0.15) is 30.0 Å². The second kappa shape index (κ2) is 8.65. The van der Waals surface area contributed by atoms with Gasteiger partial charge in [-0.3, -0.25) is 9.47 Å². The van der Waals surface area contributed by atoms with Gasteiger partial charge < -0.3 is 15.6 Å². The molecule has 6 aromatic rings. The third kappa shape index (κ3) is 3.69. The molecular formula is C31H28N8O3. The lowest BCUT2D eigenvalue weighted by Crippen LogP contribution is -2.31. The topological polar surface area (TPSA) is 139 Å². The van der Waals surface area contributed by atoms with Crippen LogP contribution in [0.2, 0.25) is 0 Å². The number of ether oxygens (including phenoxy) is 1. The first-order chi connectivity index (χ1) is 20.3. The van der Waals surface area contributed by atoms with Gasteiger partial charge in [0.05, 0.1) is 16.3 Å². The minimum atomic E-state index is -0.489. The fourth-order valence-corrected chi connectivity index (χ4v) is 6.15. The summed E-state index contributed by atoms with van der Waals surface area (Å²) < 4.78 is 11.1. The van der Waals surface area contributed by atoms with Crippen LogP contribution in [0.4, 0.5) is 5.82 Å². The van der Waals surface area contributed by atoms with E-state index in [0.29, 0.717) is 51.5 Å². The summed E-state index contributed by atoms with van der Waals surface area (Å²) in [5.74, 6) is 1.69. The van der Waals surface area contributed by atoms with Crippen molar-refractivity contribution >= 4 is 27.8 Å². The predicted octanol–water partition coefficient (Wildman–Crippen LogP) is 4.24. The van der Waals surface area contributed by atoms with Crippen LogP contribution in [-0.2, 0) is 13.0 Å². The molecule has 4 aromatic heterocycles. The maximum Gasteiger partial charge on any atom is 0.281 e. The molecule has 5 heterocycles. The lowest BCUT2D eigenvalue weighted by molar-refractivity contribution is 0.134. The first kappa shape index (κ1) is 24.6. The summed E-state index contributed by atoms with van der Waals surface area (Å²) in [5, 5.41) is 16.8. The molecule has 11 heteroatoms. The SMILES string of the molecule is CC1(C)Cc2c(-c3nn(Cc4nc5cccc(C6CC6)c5c(=O)n4-n4cccc4)c4ncnc(N)c34)ccc(O)c2O1. The van der Waals surface area contributed by atoms with Gasteiger partial charge in [0, 0.05) is 29.9 Å². The van der Waals surface area contributed by atoms with Crippen LogP contribution in [0.15, 0.2) is 66.0 Å². The zero-order valence-electron chi connectivity index (χ0n) is 23.2. The molecule has 8 rings (SSSR count). The summed E-state index contributed by atoms with van der Waals surface area (Å²) in [6, 6.07) is 13.1. The van der Waals surface area contributed by atoms with Gasteiger partial charge in [0.15, 0.2) is 23.0 Å². The molecule has 2 aromatic carbocycles. The highest BCUT2D eigenvalue weighted by Crippen LogP contribution is 2.47. The maximum absolute atomic E-state index is 14.1. The van der Waals surface area contributed by atoms with Gasteiger partial charge in [-0.1, -0.05) is 12.1 Å². The number of hydrogen-bond acceptors (Lipinski definition) is 8. The number of rotatable bonds is 5. The van der Waals surface area contributed by atoms with Crippen LogP contribution in [0.3, 0.4) is 0 Å². The molecule has 1 saturated carbocycles. The molecule has 0 atom stereocenters. The fraction of sp³-hybridized carbons (Fsp3) is 0.258. The van der Waals surface area contributed by atoms with Crippen molar-refractivity contribution < 1.29 is 9.84 Å². The van der Waals surface area contributed by atoms with Crippen molar-refractivity contribution in [3.8, 4) is 22.8 Å². The van der Waals surface area contributed by atoms with Gasteiger partial charge in [0.25, 0.3) is 5.56 Å². The number of aromatic hydroxyl groups is 1. The van der Waals surface area contributed by atoms with Crippen LogP contribution in [0.1, 0.15) is 49.6 Å². The number of benzene rings is 2.